The highest BCUT2D eigenvalue weighted by Gasteiger charge is 2.06. The Bertz CT molecular complexity index is 601. The molecule has 104 valence electrons. The summed E-state index contributed by atoms with van der Waals surface area (Å²) in [5.74, 6) is 0.369. The first-order valence-corrected chi connectivity index (χ1v) is 6.14. The van der Waals surface area contributed by atoms with Crippen LogP contribution in [0.5, 0.6) is 5.88 Å². The Morgan fingerprint density at radius 3 is 2.90 bits per heavy atom. The van der Waals surface area contributed by atoms with E-state index < -0.39 is 0 Å². The standard InChI is InChI=1S/C14H16N4O2/c1-15-13(19)12-8-11(5-7-16-12)18-9-10-4-3-6-17-14(10)20-2/h3-8H,9H2,1-2H3,(H,15,19)(H,16,18). The zero-order valence-corrected chi connectivity index (χ0v) is 11.4. The van der Waals surface area contributed by atoms with Gasteiger partial charge in [-0.05, 0) is 18.2 Å². The molecule has 0 aliphatic carbocycles. The third kappa shape index (κ3) is 3.23. The number of hydrogen-bond acceptors (Lipinski definition) is 5. The number of carbonyl (C=O) groups excluding carboxylic acids is 1. The number of pyridine rings is 2. The molecule has 0 aliphatic heterocycles. The van der Waals surface area contributed by atoms with Crippen molar-refractivity contribution < 1.29 is 9.53 Å². The van der Waals surface area contributed by atoms with Crippen LogP contribution in [0.1, 0.15) is 16.1 Å². The van der Waals surface area contributed by atoms with E-state index in [9.17, 15) is 4.79 Å². The number of nitrogens with one attached hydrogen (secondary N) is 2. The zero-order valence-electron chi connectivity index (χ0n) is 11.4. The van der Waals surface area contributed by atoms with E-state index in [1.807, 2.05) is 12.1 Å². The Morgan fingerprint density at radius 2 is 2.15 bits per heavy atom. The first-order chi connectivity index (χ1) is 9.74. The van der Waals surface area contributed by atoms with E-state index >= 15 is 0 Å². The molecular weight excluding hydrogens is 256 g/mol. The summed E-state index contributed by atoms with van der Waals surface area (Å²) in [7, 11) is 3.16. The molecule has 6 nitrogen and oxygen atoms in total. The quantitative estimate of drug-likeness (QED) is 0.861. The predicted molar refractivity (Wildman–Crippen MR) is 75.7 cm³/mol. The summed E-state index contributed by atoms with van der Waals surface area (Å²) in [6.07, 6.45) is 3.27. The Balaban J connectivity index is 2.09. The molecule has 0 aliphatic rings. The van der Waals surface area contributed by atoms with Crippen molar-refractivity contribution in [3.63, 3.8) is 0 Å². The Hall–Kier alpha value is -2.63. The fourth-order valence-electron chi connectivity index (χ4n) is 1.73. The summed E-state index contributed by atoms with van der Waals surface area (Å²) >= 11 is 0. The number of rotatable bonds is 5. The molecule has 2 aromatic heterocycles. The molecular formula is C14H16N4O2. The smallest absolute Gasteiger partial charge is 0.269 e. The molecule has 2 N–H and O–H groups in total. The minimum Gasteiger partial charge on any atom is -0.481 e. The van der Waals surface area contributed by atoms with Gasteiger partial charge in [-0.15, -0.1) is 0 Å². The summed E-state index contributed by atoms with van der Waals surface area (Å²) in [5, 5.41) is 5.76. The molecule has 0 bridgehead atoms. The van der Waals surface area contributed by atoms with Gasteiger partial charge in [0.05, 0.1) is 7.11 Å². The normalized spacial score (nSPS) is 9.90. The molecule has 6 heteroatoms. The van der Waals surface area contributed by atoms with Gasteiger partial charge in [-0.25, -0.2) is 4.98 Å². The average molecular weight is 272 g/mol. The van der Waals surface area contributed by atoms with Crippen molar-refractivity contribution in [2.45, 2.75) is 6.54 Å². The second-order valence-corrected chi connectivity index (χ2v) is 4.03. The Kier molecular flexibility index (Phi) is 4.49. The van der Waals surface area contributed by atoms with Crippen LogP contribution in [0.3, 0.4) is 0 Å². The van der Waals surface area contributed by atoms with Crippen LogP contribution in [0.15, 0.2) is 36.7 Å². The first-order valence-electron chi connectivity index (χ1n) is 6.14. The molecule has 0 saturated heterocycles. The van der Waals surface area contributed by atoms with Crippen molar-refractivity contribution in [2.24, 2.45) is 0 Å². The van der Waals surface area contributed by atoms with Crippen LogP contribution >= 0.6 is 0 Å². The summed E-state index contributed by atoms with van der Waals surface area (Å²) in [4.78, 5) is 19.6. The monoisotopic (exact) mass is 272 g/mol. The maximum atomic E-state index is 11.5. The van der Waals surface area contributed by atoms with Gasteiger partial charge < -0.3 is 15.4 Å². The number of amides is 1. The molecule has 0 saturated carbocycles. The molecule has 1 amide bonds. The van der Waals surface area contributed by atoms with Crippen LogP contribution in [0.4, 0.5) is 5.69 Å². The minimum atomic E-state index is -0.215. The number of ether oxygens (including phenoxy) is 1. The second-order valence-electron chi connectivity index (χ2n) is 4.03. The molecule has 2 heterocycles. The lowest BCUT2D eigenvalue weighted by Crippen LogP contribution is -2.19. The van der Waals surface area contributed by atoms with E-state index in [4.69, 9.17) is 4.74 Å². The summed E-state index contributed by atoms with van der Waals surface area (Å²) in [6.45, 7) is 0.550. The van der Waals surface area contributed by atoms with E-state index in [0.717, 1.165) is 11.3 Å². The van der Waals surface area contributed by atoms with Gasteiger partial charge in [0.15, 0.2) is 0 Å². The number of methoxy groups -OCH3 is 1. The number of carbonyl (C=O) groups is 1. The summed E-state index contributed by atoms with van der Waals surface area (Å²) < 4.78 is 5.19. The summed E-state index contributed by atoms with van der Waals surface area (Å²) in [6, 6.07) is 7.28. The van der Waals surface area contributed by atoms with Gasteiger partial charge in [-0.3, -0.25) is 9.78 Å². The van der Waals surface area contributed by atoms with Crippen molar-refractivity contribution in [3.05, 3.63) is 47.9 Å². The lowest BCUT2D eigenvalue weighted by Gasteiger charge is -2.10. The lowest BCUT2D eigenvalue weighted by molar-refractivity contribution is 0.0958. The molecule has 0 unspecified atom stereocenters. The van der Waals surface area contributed by atoms with E-state index in [-0.39, 0.29) is 5.91 Å². The SMILES string of the molecule is CNC(=O)c1cc(NCc2cccnc2OC)ccn1. The number of nitrogens with zero attached hydrogens (tertiary/aromatic N) is 2. The number of hydrogen-bond donors (Lipinski definition) is 2. The van der Waals surface area contributed by atoms with E-state index in [2.05, 4.69) is 20.6 Å². The Labute approximate surface area is 117 Å². The van der Waals surface area contributed by atoms with Gasteiger partial charge in [-0.1, -0.05) is 6.07 Å². The fraction of sp³-hybridized carbons (Fsp3) is 0.214. The molecule has 2 rings (SSSR count). The van der Waals surface area contributed by atoms with Crippen LogP contribution < -0.4 is 15.4 Å². The van der Waals surface area contributed by atoms with Gasteiger partial charge >= 0.3 is 0 Å². The maximum absolute atomic E-state index is 11.5. The lowest BCUT2D eigenvalue weighted by atomic mass is 10.2. The molecule has 20 heavy (non-hydrogen) atoms. The van der Waals surface area contributed by atoms with Gasteiger partial charge in [0.2, 0.25) is 5.88 Å². The van der Waals surface area contributed by atoms with Gasteiger partial charge in [0.1, 0.15) is 5.69 Å². The van der Waals surface area contributed by atoms with Crippen molar-refractivity contribution in [1.29, 1.82) is 0 Å². The largest absolute Gasteiger partial charge is 0.481 e. The van der Waals surface area contributed by atoms with Crippen molar-refractivity contribution in [2.75, 3.05) is 19.5 Å². The highest BCUT2D eigenvalue weighted by Crippen LogP contribution is 2.16. The molecule has 0 spiro atoms. The van der Waals surface area contributed by atoms with Crippen LogP contribution in [0.25, 0.3) is 0 Å². The van der Waals surface area contributed by atoms with E-state index in [1.54, 1.807) is 38.7 Å². The zero-order chi connectivity index (χ0) is 14.4. The van der Waals surface area contributed by atoms with Gasteiger partial charge in [0, 0.05) is 37.2 Å². The van der Waals surface area contributed by atoms with Crippen molar-refractivity contribution in [3.8, 4) is 5.88 Å². The average Bonchev–Trinajstić information content (AvgIpc) is 2.52. The highest BCUT2D eigenvalue weighted by atomic mass is 16.5. The predicted octanol–water partition coefficient (Wildman–Crippen LogP) is 1.46. The number of aromatic nitrogens is 2. The molecule has 0 aromatic carbocycles. The van der Waals surface area contributed by atoms with Crippen LogP contribution in [-0.4, -0.2) is 30.0 Å². The van der Waals surface area contributed by atoms with Gasteiger partial charge in [0.25, 0.3) is 5.91 Å². The molecule has 2 aromatic rings. The first kappa shape index (κ1) is 13.8. The van der Waals surface area contributed by atoms with Crippen LogP contribution in [-0.2, 0) is 6.54 Å². The van der Waals surface area contributed by atoms with Crippen molar-refractivity contribution in [1.82, 2.24) is 15.3 Å². The topological polar surface area (TPSA) is 76.1 Å². The maximum Gasteiger partial charge on any atom is 0.269 e. The van der Waals surface area contributed by atoms with Gasteiger partial charge in [-0.2, -0.15) is 0 Å². The highest BCUT2D eigenvalue weighted by molar-refractivity contribution is 5.92. The van der Waals surface area contributed by atoms with Crippen LogP contribution in [0, 0.1) is 0 Å². The van der Waals surface area contributed by atoms with E-state index in [1.165, 1.54) is 0 Å². The second kappa shape index (κ2) is 6.51. The minimum absolute atomic E-state index is 0.215. The van der Waals surface area contributed by atoms with E-state index in [0.29, 0.717) is 18.1 Å². The Morgan fingerprint density at radius 1 is 1.30 bits per heavy atom. The molecule has 0 radical (unpaired) electrons. The fourth-order valence-corrected chi connectivity index (χ4v) is 1.73. The van der Waals surface area contributed by atoms with Crippen LogP contribution in [0.2, 0.25) is 0 Å². The van der Waals surface area contributed by atoms with Crippen molar-refractivity contribution >= 4 is 11.6 Å². The number of anilines is 1. The third-order valence-corrected chi connectivity index (χ3v) is 2.75. The molecule has 0 atom stereocenters. The summed E-state index contributed by atoms with van der Waals surface area (Å²) in [5.41, 5.74) is 2.12. The molecule has 0 fully saturated rings. The third-order valence-electron chi connectivity index (χ3n) is 2.75.